The zero-order valence-electron chi connectivity index (χ0n) is 12.6. The van der Waals surface area contributed by atoms with E-state index in [-0.39, 0.29) is 18.4 Å². The number of carbonyl (C=O) groups excluding carboxylic acids is 1. The average molecular weight is 314 g/mol. The minimum absolute atomic E-state index is 0.120. The van der Waals surface area contributed by atoms with Crippen LogP contribution in [0.4, 0.5) is 8.78 Å². The van der Waals surface area contributed by atoms with Crippen LogP contribution in [0.1, 0.15) is 38.5 Å². The number of esters is 1. The Bertz CT molecular complexity index is 530. The maximum atomic E-state index is 13.6. The van der Waals surface area contributed by atoms with Crippen molar-refractivity contribution >= 4 is 5.97 Å². The summed E-state index contributed by atoms with van der Waals surface area (Å²) in [6.07, 6.45) is 3.36. The van der Waals surface area contributed by atoms with Gasteiger partial charge >= 0.3 is 5.97 Å². The fraction of sp³-hybridized carbons (Fsp3) is 0.688. The first-order chi connectivity index (χ1) is 10.4. The Kier molecular flexibility index (Phi) is 4.07. The van der Waals surface area contributed by atoms with Crippen molar-refractivity contribution in [2.24, 2.45) is 0 Å². The molecule has 3 aliphatic rings. The van der Waals surface area contributed by atoms with E-state index >= 15 is 0 Å². The van der Waals surface area contributed by atoms with E-state index in [0.29, 0.717) is 32.5 Å². The Morgan fingerprint density at radius 3 is 2.55 bits per heavy atom. The highest BCUT2D eigenvalue weighted by Crippen LogP contribution is 2.44. The van der Waals surface area contributed by atoms with Gasteiger partial charge in [0.1, 0.15) is 0 Å². The number of alkyl halides is 2. The predicted octanol–water partition coefficient (Wildman–Crippen LogP) is 3.13. The van der Waals surface area contributed by atoms with Crippen LogP contribution < -0.4 is 0 Å². The molecule has 0 radical (unpaired) electrons. The normalized spacial score (nSPS) is 27.0. The van der Waals surface area contributed by atoms with Gasteiger partial charge < -0.3 is 14.2 Å². The third-order valence-corrected chi connectivity index (χ3v) is 4.61. The van der Waals surface area contributed by atoms with E-state index in [4.69, 9.17) is 14.2 Å². The van der Waals surface area contributed by atoms with Gasteiger partial charge in [-0.1, -0.05) is 6.08 Å². The molecule has 1 heterocycles. The fourth-order valence-electron chi connectivity index (χ4n) is 3.43. The van der Waals surface area contributed by atoms with Crippen molar-refractivity contribution in [2.45, 2.75) is 50.2 Å². The van der Waals surface area contributed by atoms with Crippen molar-refractivity contribution in [1.82, 2.24) is 0 Å². The Morgan fingerprint density at radius 1 is 1.23 bits per heavy atom. The molecular weight excluding hydrogens is 294 g/mol. The number of halogens is 2. The lowest BCUT2D eigenvalue weighted by atomic mass is 9.80. The van der Waals surface area contributed by atoms with Crippen molar-refractivity contribution in [3.05, 3.63) is 22.8 Å². The molecule has 2 aliphatic carbocycles. The second-order valence-electron chi connectivity index (χ2n) is 6.02. The largest absolute Gasteiger partial charge is 0.466 e. The van der Waals surface area contributed by atoms with Gasteiger partial charge in [0.05, 0.1) is 20.3 Å². The second kappa shape index (κ2) is 5.74. The first kappa shape index (κ1) is 15.6. The number of hydrogen-bond acceptors (Lipinski definition) is 4. The Balaban J connectivity index is 1.86. The molecule has 0 atom stereocenters. The molecular formula is C16H20F2O4. The molecule has 22 heavy (non-hydrogen) atoms. The van der Waals surface area contributed by atoms with Gasteiger partial charge in [0.25, 0.3) is 5.92 Å². The SMILES string of the molecule is COC(=O)C1=C(C2=CCC3(CC2)OCCO3)CCC(F)(F)C1. The highest BCUT2D eigenvalue weighted by molar-refractivity contribution is 5.90. The van der Waals surface area contributed by atoms with Gasteiger partial charge in [-0.25, -0.2) is 13.6 Å². The van der Waals surface area contributed by atoms with Gasteiger partial charge in [-0.3, -0.25) is 0 Å². The van der Waals surface area contributed by atoms with Gasteiger partial charge in [0, 0.05) is 31.3 Å². The number of hydrogen-bond donors (Lipinski definition) is 0. The molecule has 3 rings (SSSR count). The zero-order valence-corrected chi connectivity index (χ0v) is 12.6. The third kappa shape index (κ3) is 2.94. The van der Waals surface area contributed by atoms with Crippen LogP contribution in [-0.2, 0) is 19.0 Å². The molecule has 0 aromatic rings. The van der Waals surface area contributed by atoms with E-state index < -0.39 is 24.1 Å². The lowest BCUT2D eigenvalue weighted by Gasteiger charge is -2.33. The lowest BCUT2D eigenvalue weighted by Crippen LogP contribution is -2.33. The van der Waals surface area contributed by atoms with Crippen molar-refractivity contribution in [3.8, 4) is 0 Å². The summed E-state index contributed by atoms with van der Waals surface area (Å²) in [7, 11) is 1.23. The Labute approximate surface area is 128 Å². The quantitative estimate of drug-likeness (QED) is 0.735. The molecule has 0 saturated carbocycles. The van der Waals surface area contributed by atoms with E-state index in [1.165, 1.54) is 7.11 Å². The standard InChI is InChI=1S/C16H20F2O4/c1-20-14(19)13-10-15(17,18)5-4-12(13)11-2-6-16(7-3-11)21-8-9-22-16/h2H,3-10H2,1H3. The molecule has 4 nitrogen and oxygen atoms in total. The highest BCUT2D eigenvalue weighted by Gasteiger charge is 2.42. The van der Waals surface area contributed by atoms with Crippen LogP contribution in [0.2, 0.25) is 0 Å². The fourth-order valence-corrected chi connectivity index (χ4v) is 3.43. The number of methoxy groups -OCH3 is 1. The summed E-state index contributed by atoms with van der Waals surface area (Å²) in [5, 5.41) is 0. The monoisotopic (exact) mass is 314 g/mol. The summed E-state index contributed by atoms with van der Waals surface area (Å²) >= 11 is 0. The number of allylic oxidation sites excluding steroid dienone is 2. The Hall–Kier alpha value is -1.27. The van der Waals surface area contributed by atoms with E-state index in [1.54, 1.807) is 0 Å². The first-order valence-corrected chi connectivity index (χ1v) is 7.60. The van der Waals surface area contributed by atoms with Crippen molar-refractivity contribution in [3.63, 3.8) is 0 Å². The summed E-state index contributed by atoms with van der Waals surface area (Å²) in [6, 6.07) is 0. The van der Waals surface area contributed by atoms with E-state index in [0.717, 1.165) is 11.1 Å². The summed E-state index contributed by atoms with van der Waals surface area (Å²) in [4.78, 5) is 11.9. The van der Waals surface area contributed by atoms with E-state index in [1.807, 2.05) is 6.08 Å². The molecule has 0 unspecified atom stereocenters. The van der Waals surface area contributed by atoms with Crippen LogP contribution in [-0.4, -0.2) is 38.0 Å². The average Bonchev–Trinajstić information content (AvgIpc) is 2.95. The van der Waals surface area contributed by atoms with Gasteiger partial charge in [0.15, 0.2) is 5.79 Å². The van der Waals surface area contributed by atoms with Crippen LogP contribution >= 0.6 is 0 Å². The van der Waals surface area contributed by atoms with E-state index in [2.05, 4.69) is 0 Å². The smallest absolute Gasteiger partial charge is 0.334 e. The van der Waals surface area contributed by atoms with Crippen LogP contribution in [0.25, 0.3) is 0 Å². The highest BCUT2D eigenvalue weighted by atomic mass is 19.3. The summed E-state index contributed by atoms with van der Waals surface area (Å²) in [5.74, 6) is -4.03. The maximum absolute atomic E-state index is 13.6. The maximum Gasteiger partial charge on any atom is 0.334 e. The molecule has 1 spiro atoms. The summed E-state index contributed by atoms with van der Waals surface area (Å²) in [6.45, 7) is 1.18. The molecule has 1 saturated heterocycles. The first-order valence-electron chi connectivity index (χ1n) is 7.60. The number of rotatable bonds is 2. The minimum atomic E-state index is -2.83. The van der Waals surface area contributed by atoms with Gasteiger partial charge in [-0.15, -0.1) is 0 Å². The van der Waals surface area contributed by atoms with Crippen LogP contribution in [0.3, 0.4) is 0 Å². The van der Waals surface area contributed by atoms with Crippen molar-refractivity contribution < 1.29 is 27.8 Å². The van der Waals surface area contributed by atoms with Crippen LogP contribution in [0.5, 0.6) is 0 Å². The summed E-state index contributed by atoms with van der Waals surface area (Å²) < 4.78 is 43.3. The van der Waals surface area contributed by atoms with Gasteiger partial charge in [0.2, 0.25) is 0 Å². The Morgan fingerprint density at radius 2 is 1.95 bits per heavy atom. The molecule has 122 valence electrons. The van der Waals surface area contributed by atoms with Crippen molar-refractivity contribution in [1.29, 1.82) is 0 Å². The molecule has 0 aromatic heterocycles. The van der Waals surface area contributed by atoms with Gasteiger partial charge in [-0.05, 0) is 24.0 Å². The van der Waals surface area contributed by atoms with Crippen molar-refractivity contribution in [2.75, 3.05) is 20.3 Å². The molecule has 6 heteroatoms. The van der Waals surface area contributed by atoms with Gasteiger partial charge in [-0.2, -0.15) is 0 Å². The van der Waals surface area contributed by atoms with E-state index in [9.17, 15) is 13.6 Å². The minimum Gasteiger partial charge on any atom is -0.466 e. The zero-order chi connectivity index (χ0) is 15.8. The molecule has 1 fully saturated rings. The molecule has 0 N–H and O–H groups in total. The third-order valence-electron chi connectivity index (χ3n) is 4.61. The summed E-state index contributed by atoms with van der Waals surface area (Å²) in [5.41, 5.74) is 1.81. The topological polar surface area (TPSA) is 44.8 Å². The molecule has 0 amide bonds. The van der Waals surface area contributed by atoms with Crippen LogP contribution in [0.15, 0.2) is 22.8 Å². The van der Waals surface area contributed by atoms with Crippen LogP contribution in [0, 0.1) is 0 Å². The molecule has 0 bridgehead atoms. The second-order valence-corrected chi connectivity index (χ2v) is 6.02. The lowest BCUT2D eigenvalue weighted by molar-refractivity contribution is -0.161. The molecule has 0 aromatic carbocycles. The molecule has 1 aliphatic heterocycles. The number of ether oxygens (including phenoxy) is 3. The number of carbonyl (C=O) groups is 1. The predicted molar refractivity (Wildman–Crippen MR) is 74.4 cm³/mol.